The molecule has 2 heterocycles. The van der Waals surface area contributed by atoms with Crippen molar-refractivity contribution in [3.63, 3.8) is 0 Å². The summed E-state index contributed by atoms with van der Waals surface area (Å²) in [6, 6.07) is 5.73. The molecule has 3 rings (SSSR count). The Bertz CT molecular complexity index is 426. The van der Waals surface area contributed by atoms with Gasteiger partial charge in [-0.05, 0) is 44.7 Å². The normalized spacial score (nSPS) is 33.2. The van der Waals surface area contributed by atoms with E-state index in [0.717, 1.165) is 31.8 Å². The standard InChI is InChI=1S/C15H23NOS/c1-3-13-6-7-14(18-13)9-15(17)8-11(2)16(10-15)12-4-5-12/h6-7,11-12,17H,3-5,8-10H2,1-2H3. The second kappa shape index (κ2) is 4.62. The van der Waals surface area contributed by atoms with E-state index in [1.807, 2.05) is 11.3 Å². The van der Waals surface area contributed by atoms with Gasteiger partial charge in [0.1, 0.15) is 0 Å². The van der Waals surface area contributed by atoms with Gasteiger partial charge in [0, 0.05) is 34.8 Å². The minimum atomic E-state index is -0.488. The maximum atomic E-state index is 10.8. The Kier molecular flexibility index (Phi) is 3.25. The molecule has 0 bridgehead atoms. The van der Waals surface area contributed by atoms with Gasteiger partial charge in [0.05, 0.1) is 5.60 Å². The van der Waals surface area contributed by atoms with Crippen LogP contribution in [0.5, 0.6) is 0 Å². The fraction of sp³-hybridized carbons (Fsp3) is 0.733. The molecule has 18 heavy (non-hydrogen) atoms. The van der Waals surface area contributed by atoms with Crippen LogP contribution in [0.25, 0.3) is 0 Å². The first-order chi connectivity index (χ1) is 8.59. The van der Waals surface area contributed by atoms with Crippen molar-refractivity contribution in [2.24, 2.45) is 0 Å². The Morgan fingerprint density at radius 1 is 1.39 bits per heavy atom. The third kappa shape index (κ3) is 2.49. The zero-order valence-corrected chi connectivity index (χ0v) is 12.2. The van der Waals surface area contributed by atoms with Crippen molar-refractivity contribution in [1.82, 2.24) is 4.90 Å². The van der Waals surface area contributed by atoms with Gasteiger partial charge in [-0.2, -0.15) is 0 Å². The molecule has 1 aromatic heterocycles. The lowest BCUT2D eigenvalue weighted by Crippen LogP contribution is -2.36. The van der Waals surface area contributed by atoms with Crippen LogP contribution in [0.2, 0.25) is 0 Å². The maximum absolute atomic E-state index is 10.8. The van der Waals surface area contributed by atoms with Crippen LogP contribution in [0.3, 0.4) is 0 Å². The molecule has 2 nitrogen and oxygen atoms in total. The summed E-state index contributed by atoms with van der Waals surface area (Å²) in [6.45, 7) is 5.33. The average molecular weight is 265 g/mol. The lowest BCUT2D eigenvalue weighted by atomic mass is 9.96. The van der Waals surface area contributed by atoms with Crippen molar-refractivity contribution in [2.45, 2.75) is 63.6 Å². The summed E-state index contributed by atoms with van der Waals surface area (Å²) in [4.78, 5) is 5.30. The molecule has 2 atom stereocenters. The van der Waals surface area contributed by atoms with E-state index in [4.69, 9.17) is 0 Å². The maximum Gasteiger partial charge on any atom is 0.0837 e. The van der Waals surface area contributed by atoms with Crippen molar-refractivity contribution in [3.05, 3.63) is 21.9 Å². The van der Waals surface area contributed by atoms with Crippen LogP contribution in [-0.4, -0.2) is 34.2 Å². The first-order valence-corrected chi connectivity index (χ1v) is 7.97. The van der Waals surface area contributed by atoms with Crippen molar-refractivity contribution >= 4 is 11.3 Å². The quantitative estimate of drug-likeness (QED) is 0.905. The molecule has 2 fully saturated rings. The number of aliphatic hydroxyl groups is 1. The van der Waals surface area contributed by atoms with Crippen LogP contribution in [0.1, 0.15) is 42.9 Å². The zero-order valence-electron chi connectivity index (χ0n) is 11.4. The van der Waals surface area contributed by atoms with Gasteiger partial charge in [0.15, 0.2) is 0 Å². The van der Waals surface area contributed by atoms with Gasteiger partial charge >= 0.3 is 0 Å². The molecule has 1 N–H and O–H groups in total. The number of nitrogens with zero attached hydrogens (tertiary/aromatic N) is 1. The molecule has 100 valence electrons. The molecular weight excluding hydrogens is 242 g/mol. The SMILES string of the molecule is CCc1ccc(CC2(O)CC(C)N(C3CC3)C2)s1. The monoisotopic (exact) mass is 265 g/mol. The highest BCUT2D eigenvalue weighted by Gasteiger charge is 2.46. The molecule has 2 aliphatic rings. The first-order valence-electron chi connectivity index (χ1n) is 7.15. The third-order valence-electron chi connectivity index (χ3n) is 4.30. The van der Waals surface area contributed by atoms with Gasteiger partial charge in [-0.3, -0.25) is 4.90 Å². The van der Waals surface area contributed by atoms with E-state index in [9.17, 15) is 5.11 Å². The Morgan fingerprint density at radius 2 is 2.11 bits per heavy atom. The lowest BCUT2D eigenvalue weighted by molar-refractivity contribution is 0.0495. The largest absolute Gasteiger partial charge is 0.388 e. The molecule has 1 aliphatic carbocycles. The number of β-amino-alcohol motifs (C(OH)–C–C–N with tert-alkyl or cyclic N) is 1. The van der Waals surface area contributed by atoms with Crippen molar-refractivity contribution < 1.29 is 5.11 Å². The lowest BCUT2D eigenvalue weighted by Gasteiger charge is -2.23. The Morgan fingerprint density at radius 3 is 2.72 bits per heavy atom. The van der Waals surface area contributed by atoms with E-state index < -0.39 is 5.60 Å². The minimum Gasteiger partial charge on any atom is -0.388 e. The summed E-state index contributed by atoms with van der Waals surface area (Å²) in [5, 5.41) is 10.8. The molecule has 1 saturated heterocycles. The van der Waals surface area contributed by atoms with Gasteiger partial charge in [-0.1, -0.05) is 6.92 Å². The van der Waals surface area contributed by atoms with Crippen LogP contribution < -0.4 is 0 Å². The highest BCUT2D eigenvalue weighted by molar-refractivity contribution is 7.12. The van der Waals surface area contributed by atoms with E-state index in [-0.39, 0.29) is 0 Å². The predicted molar refractivity (Wildman–Crippen MR) is 76.2 cm³/mol. The van der Waals surface area contributed by atoms with Crippen molar-refractivity contribution in [2.75, 3.05) is 6.54 Å². The number of aryl methyl sites for hydroxylation is 1. The molecule has 1 saturated carbocycles. The summed E-state index contributed by atoms with van der Waals surface area (Å²) in [5.74, 6) is 0. The summed E-state index contributed by atoms with van der Waals surface area (Å²) in [7, 11) is 0. The number of hydrogen-bond acceptors (Lipinski definition) is 3. The highest BCUT2D eigenvalue weighted by Crippen LogP contribution is 2.39. The van der Waals surface area contributed by atoms with Crippen LogP contribution >= 0.6 is 11.3 Å². The molecule has 0 spiro atoms. The fourth-order valence-electron chi connectivity index (χ4n) is 3.28. The Balaban J connectivity index is 1.67. The smallest absolute Gasteiger partial charge is 0.0837 e. The van der Waals surface area contributed by atoms with E-state index in [2.05, 4.69) is 30.9 Å². The Labute approximate surface area is 114 Å². The van der Waals surface area contributed by atoms with Gasteiger partial charge in [0.2, 0.25) is 0 Å². The number of rotatable bonds is 4. The van der Waals surface area contributed by atoms with Crippen molar-refractivity contribution in [3.8, 4) is 0 Å². The second-order valence-corrected chi connectivity index (χ2v) is 7.33. The zero-order chi connectivity index (χ0) is 12.8. The predicted octanol–water partition coefficient (Wildman–Crippen LogP) is 2.84. The van der Waals surface area contributed by atoms with Gasteiger partial charge in [0.25, 0.3) is 0 Å². The van der Waals surface area contributed by atoms with Crippen molar-refractivity contribution in [1.29, 1.82) is 0 Å². The third-order valence-corrected chi connectivity index (χ3v) is 5.53. The van der Waals surface area contributed by atoms with Crippen LogP contribution in [-0.2, 0) is 12.8 Å². The summed E-state index contributed by atoms with van der Waals surface area (Å²) in [6.07, 6.45) is 5.54. The molecule has 0 aromatic carbocycles. The van der Waals surface area contributed by atoms with Gasteiger partial charge in [-0.25, -0.2) is 0 Å². The molecule has 1 aliphatic heterocycles. The molecule has 0 radical (unpaired) electrons. The fourth-order valence-corrected chi connectivity index (χ4v) is 4.38. The molecule has 0 amide bonds. The molecule has 2 unspecified atom stereocenters. The summed E-state index contributed by atoms with van der Waals surface area (Å²) >= 11 is 1.87. The highest BCUT2D eigenvalue weighted by atomic mass is 32.1. The average Bonchev–Trinajstić information content (AvgIpc) is 3.00. The van der Waals surface area contributed by atoms with E-state index >= 15 is 0 Å². The molecule has 3 heteroatoms. The minimum absolute atomic E-state index is 0.488. The van der Waals surface area contributed by atoms with E-state index in [0.29, 0.717) is 6.04 Å². The van der Waals surface area contributed by atoms with Gasteiger partial charge in [-0.15, -0.1) is 11.3 Å². The van der Waals surface area contributed by atoms with Gasteiger partial charge < -0.3 is 5.11 Å². The van der Waals surface area contributed by atoms with Crippen LogP contribution in [0.4, 0.5) is 0 Å². The van der Waals surface area contributed by atoms with E-state index in [1.54, 1.807) is 0 Å². The van der Waals surface area contributed by atoms with E-state index in [1.165, 1.54) is 22.6 Å². The topological polar surface area (TPSA) is 23.5 Å². The summed E-state index contributed by atoms with van der Waals surface area (Å²) in [5.41, 5.74) is -0.488. The molecule has 1 aromatic rings. The number of hydrogen-bond donors (Lipinski definition) is 1. The first kappa shape index (κ1) is 12.6. The van der Waals surface area contributed by atoms with Crippen LogP contribution in [0, 0.1) is 0 Å². The second-order valence-electron chi connectivity index (χ2n) is 6.08. The van der Waals surface area contributed by atoms with Crippen LogP contribution in [0.15, 0.2) is 12.1 Å². The summed E-state index contributed by atoms with van der Waals surface area (Å²) < 4.78 is 0. The number of thiophene rings is 1. The number of likely N-dealkylation sites (tertiary alicyclic amines) is 1. The molecular formula is C15H23NOS. The Hall–Kier alpha value is -0.380.